The highest BCUT2D eigenvalue weighted by molar-refractivity contribution is 5.94. The molecule has 0 spiro atoms. The van der Waals surface area contributed by atoms with Crippen LogP contribution in [0.3, 0.4) is 0 Å². The summed E-state index contributed by atoms with van der Waals surface area (Å²) in [5.41, 5.74) is 6.32. The molecule has 1 amide bonds. The highest BCUT2D eigenvalue weighted by Crippen LogP contribution is 2.22. The second kappa shape index (κ2) is 11.3. The highest BCUT2D eigenvalue weighted by atomic mass is 16.5. The number of carbonyl (C=O) groups is 1. The Morgan fingerprint density at radius 2 is 1.79 bits per heavy atom. The Morgan fingerprint density at radius 1 is 1.03 bits per heavy atom. The number of nitrogens with zero attached hydrogens (tertiary/aromatic N) is 2. The average Bonchev–Trinajstić information content (AvgIpc) is 3.39. The van der Waals surface area contributed by atoms with Gasteiger partial charge < -0.3 is 9.47 Å². The lowest BCUT2D eigenvalue weighted by Crippen LogP contribution is -2.17. The van der Waals surface area contributed by atoms with Gasteiger partial charge in [-0.3, -0.25) is 9.89 Å². The number of para-hydroxylation sites is 1. The van der Waals surface area contributed by atoms with E-state index in [2.05, 4.69) is 20.7 Å². The number of hydrogen-bond acceptors (Lipinski definition) is 5. The standard InChI is InChI=1S/C27H24N4O3/c1-33-26-12-6-5-10-22(26)11-7-17-28-31-27(32)25-18-24(29-30-25)21-13-15-23(16-14-21)34-19-20-8-3-2-4-9-20/h2-18H,19H2,1H3,(H,29,30)(H,31,32)/b11-7+,28-17-. The quantitative estimate of drug-likeness (QED) is 0.273. The number of benzene rings is 3. The number of amides is 1. The van der Waals surface area contributed by atoms with Crippen molar-refractivity contribution in [2.75, 3.05) is 7.11 Å². The van der Waals surface area contributed by atoms with E-state index in [1.54, 1.807) is 19.3 Å². The zero-order valence-corrected chi connectivity index (χ0v) is 18.6. The smallest absolute Gasteiger partial charge is 0.289 e. The number of allylic oxidation sites excluding steroid dienone is 1. The van der Waals surface area contributed by atoms with Crippen molar-refractivity contribution in [1.82, 2.24) is 15.6 Å². The molecule has 0 fully saturated rings. The van der Waals surface area contributed by atoms with Gasteiger partial charge in [-0.1, -0.05) is 48.5 Å². The van der Waals surface area contributed by atoms with Crippen molar-refractivity contribution in [1.29, 1.82) is 0 Å². The summed E-state index contributed by atoms with van der Waals surface area (Å²) in [6.07, 6.45) is 5.06. The van der Waals surface area contributed by atoms with Crippen LogP contribution in [0.4, 0.5) is 0 Å². The van der Waals surface area contributed by atoms with Gasteiger partial charge in [-0.2, -0.15) is 10.2 Å². The molecular formula is C27H24N4O3. The SMILES string of the molecule is COc1ccccc1/C=C/C=N\NC(=O)c1cc(-c2ccc(OCc3ccccc3)cc2)n[nH]1. The maximum atomic E-state index is 12.3. The number of aromatic nitrogens is 2. The fraction of sp³-hybridized carbons (Fsp3) is 0.0741. The third-order valence-electron chi connectivity index (χ3n) is 4.96. The number of carbonyl (C=O) groups excluding carboxylic acids is 1. The number of nitrogens with one attached hydrogen (secondary N) is 2. The monoisotopic (exact) mass is 452 g/mol. The van der Waals surface area contributed by atoms with Gasteiger partial charge in [-0.15, -0.1) is 0 Å². The van der Waals surface area contributed by atoms with Gasteiger partial charge in [0, 0.05) is 17.3 Å². The van der Waals surface area contributed by atoms with Crippen LogP contribution in [0.15, 0.2) is 96.1 Å². The van der Waals surface area contributed by atoms with E-state index in [1.165, 1.54) is 6.21 Å². The van der Waals surface area contributed by atoms with Crippen molar-refractivity contribution in [3.8, 4) is 22.8 Å². The van der Waals surface area contributed by atoms with E-state index in [-0.39, 0.29) is 5.91 Å². The third kappa shape index (κ3) is 5.98. The lowest BCUT2D eigenvalue weighted by atomic mass is 10.1. The molecule has 1 heterocycles. The predicted molar refractivity (Wildman–Crippen MR) is 133 cm³/mol. The summed E-state index contributed by atoms with van der Waals surface area (Å²) in [6, 6.07) is 26.8. The first-order valence-corrected chi connectivity index (χ1v) is 10.7. The lowest BCUT2D eigenvalue weighted by Gasteiger charge is -2.06. The van der Waals surface area contributed by atoms with Gasteiger partial charge in [0.25, 0.3) is 5.91 Å². The highest BCUT2D eigenvalue weighted by Gasteiger charge is 2.10. The molecule has 0 saturated carbocycles. The molecule has 4 rings (SSSR count). The van der Waals surface area contributed by atoms with Gasteiger partial charge in [-0.05, 0) is 54.1 Å². The molecule has 0 radical (unpaired) electrons. The van der Waals surface area contributed by atoms with Gasteiger partial charge in [0.05, 0.1) is 12.8 Å². The molecule has 0 aliphatic heterocycles. The first kappa shape index (κ1) is 22.5. The molecule has 0 aliphatic rings. The zero-order valence-electron chi connectivity index (χ0n) is 18.6. The van der Waals surface area contributed by atoms with Crippen LogP contribution in [0.25, 0.3) is 17.3 Å². The maximum Gasteiger partial charge on any atom is 0.289 e. The number of hydrogen-bond donors (Lipinski definition) is 2. The molecule has 7 heteroatoms. The third-order valence-corrected chi connectivity index (χ3v) is 4.96. The van der Waals surface area contributed by atoms with E-state index in [4.69, 9.17) is 9.47 Å². The van der Waals surface area contributed by atoms with Crippen molar-refractivity contribution in [3.63, 3.8) is 0 Å². The van der Waals surface area contributed by atoms with Crippen LogP contribution in [0.5, 0.6) is 11.5 Å². The lowest BCUT2D eigenvalue weighted by molar-refractivity contribution is 0.0950. The van der Waals surface area contributed by atoms with Crippen LogP contribution in [-0.4, -0.2) is 29.4 Å². The Hall–Kier alpha value is -4.65. The molecule has 170 valence electrons. The summed E-state index contributed by atoms with van der Waals surface area (Å²) >= 11 is 0. The van der Waals surface area contributed by atoms with Crippen LogP contribution in [0.1, 0.15) is 21.6 Å². The molecule has 0 bridgehead atoms. The van der Waals surface area contributed by atoms with Crippen LogP contribution < -0.4 is 14.9 Å². The van der Waals surface area contributed by atoms with Crippen molar-refractivity contribution in [3.05, 3.63) is 108 Å². The molecule has 0 unspecified atom stereocenters. The minimum Gasteiger partial charge on any atom is -0.496 e. The Kier molecular flexibility index (Phi) is 7.48. The molecule has 0 aliphatic carbocycles. The van der Waals surface area contributed by atoms with Gasteiger partial charge in [-0.25, -0.2) is 5.43 Å². The van der Waals surface area contributed by atoms with Crippen molar-refractivity contribution in [2.45, 2.75) is 6.61 Å². The number of H-pyrrole nitrogens is 1. The molecule has 4 aromatic rings. The van der Waals surface area contributed by atoms with Gasteiger partial charge in [0.1, 0.15) is 23.8 Å². The largest absolute Gasteiger partial charge is 0.496 e. The number of aromatic amines is 1. The first-order chi connectivity index (χ1) is 16.7. The predicted octanol–water partition coefficient (Wildman–Crippen LogP) is 5.09. The molecule has 1 aromatic heterocycles. The van der Waals surface area contributed by atoms with Crippen LogP contribution in [0, 0.1) is 0 Å². The van der Waals surface area contributed by atoms with Crippen LogP contribution in [-0.2, 0) is 6.61 Å². The van der Waals surface area contributed by atoms with E-state index in [0.29, 0.717) is 18.0 Å². The topological polar surface area (TPSA) is 88.6 Å². The average molecular weight is 453 g/mol. The zero-order chi connectivity index (χ0) is 23.6. The molecule has 0 saturated heterocycles. The molecule has 2 N–H and O–H groups in total. The number of hydrazone groups is 1. The number of ether oxygens (including phenoxy) is 2. The Bertz CT molecular complexity index is 1280. The first-order valence-electron chi connectivity index (χ1n) is 10.7. The Balaban J connectivity index is 1.30. The minimum atomic E-state index is -0.386. The van der Waals surface area contributed by atoms with Crippen molar-refractivity contribution in [2.24, 2.45) is 5.10 Å². The molecule has 0 atom stereocenters. The van der Waals surface area contributed by atoms with E-state index >= 15 is 0 Å². The van der Waals surface area contributed by atoms with E-state index in [0.717, 1.165) is 28.2 Å². The second-order valence-electron chi connectivity index (χ2n) is 7.29. The van der Waals surface area contributed by atoms with Gasteiger partial charge >= 0.3 is 0 Å². The van der Waals surface area contributed by atoms with Gasteiger partial charge in [0.15, 0.2) is 0 Å². The maximum absolute atomic E-state index is 12.3. The fourth-order valence-electron chi connectivity index (χ4n) is 3.20. The summed E-state index contributed by atoms with van der Waals surface area (Å²) in [5.74, 6) is 1.14. The Labute approximate surface area is 197 Å². The fourth-order valence-corrected chi connectivity index (χ4v) is 3.20. The number of methoxy groups -OCH3 is 1. The van der Waals surface area contributed by atoms with E-state index in [1.807, 2.05) is 84.9 Å². The molecule has 34 heavy (non-hydrogen) atoms. The normalized spacial score (nSPS) is 11.1. The molecular weight excluding hydrogens is 428 g/mol. The minimum absolute atomic E-state index is 0.310. The van der Waals surface area contributed by atoms with Crippen LogP contribution in [0.2, 0.25) is 0 Å². The molecule has 3 aromatic carbocycles. The Morgan fingerprint density at radius 3 is 2.59 bits per heavy atom. The van der Waals surface area contributed by atoms with E-state index < -0.39 is 0 Å². The summed E-state index contributed by atoms with van der Waals surface area (Å²) < 4.78 is 11.1. The van der Waals surface area contributed by atoms with Gasteiger partial charge in [0.2, 0.25) is 0 Å². The second-order valence-corrected chi connectivity index (χ2v) is 7.29. The summed E-state index contributed by atoms with van der Waals surface area (Å²) in [6.45, 7) is 0.501. The van der Waals surface area contributed by atoms with Crippen LogP contribution >= 0.6 is 0 Å². The summed E-state index contributed by atoms with van der Waals surface area (Å²) in [4.78, 5) is 12.3. The molecule has 7 nitrogen and oxygen atoms in total. The van der Waals surface area contributed by atoms with Crippen molar-refractivity contribution < 1.29 is 14.3 Å². The summed E-state index contributed by atoms with van der Waals surface area (Å²) in [5, 5.41) is 10.9. The summed E-state index contributed by atoms with van der Waals surface area (Å²) in [7, 11) is 1.62. The number of rotatable bonds is 9. The van der Waals surface area contributed by atoms with Crippen molar-refractivity contribution >= 4 is 18.2 Å². The van der Waals surface area contributed by atoms with E-state index in [9.17, 15) is 4.79 Å².